The lowest BCUT2D eigenvalue weighted by atomic mass is 10.0. The molecular formula is C24H30N4O3S. The van der Waals surface area contributed by atoms with Crippen molar-refractivity contribution < 1.29 is 13.2 Å². The molecule has 0 aliphatic heterocycles. The topological polar surface area (TPSA) is 84.3 Å². The Morgan fingerprint density at radius 3 is 2.44 bits per heavy atom. The highest BCUT2D eigenvalue weighted by atomic mass is 32.2. The molecule has 32 heavy (non-hydrogen) atoms. The summed E-state index contributed by atoms with van der Waals surface area (Å²) in [5.74, 6) is -0.234. The second-order valence-corrected chi connectivity index (χ2v) is 9.82. The number of nitrogens with zero attached hydrogens (tertiary/aromatic N) is 3. The van der Waals surface area contributed by atoms with Gasteiger partial charge in [0.2, 0.25) is 10.0 Å². The van der Waals surface area contributed by atoms with E-state index in [0.29, 0.717) is 37.3 Å². The van der Waals surface area contributed by atoms with E-state index < -0.39 is 10.0 Å². The van der Waals surface area contributed by atoms with Crippen LogP contribution in [0.4, 0.5) is 0 Å². The number of aromatic nitrogens is 2. The quantitative estimate of drug-likeness (QED) is 0.501. The van der Waals surface area contributed by atoms with E-state index in [9.17, 15) is 13.2 Å². The van der Waals surface area contributed by atoms with Gasteiger partial charge in [-0.1, -0.05) is 37.3 Å². The first kappa shape index (κ1) is 23.7. The van der Waals surface area contributed by atoms with E-state index >= 15 is 0 Å². The van der Waals surface area contributed by atoms with Gasteiger partial charge in [0.15, 0.2) is 0 Å². The van der Waals surface area contributed by atoms with Crippen LogP contribution in [0, 0.1) is 13.8 Å². The first-order valence-electron chi connectivity index (χ1n) is 10.7. The number of amides is 1. The SMILES string of the molecule is CCN(CCCNC(=O)c1cn(-c2ccccc2)nc1-c1ccc(C)c(C)c1)S(C)(=O)=O. The molecule has 1 heterocycles. The average molecular weight is 455 g/mol. The fourth-order valence-electron chi connectivity index (χ4n) is 3.47. The normalized spacial score (nSPS) is 11.7. The van der Waals surface area contributed by atoms with Crippen molar-refractivity contribution >= 4 is 15.9 Å². The van der Waals surface area contributed by atoms with E-state index in [2.05, 4.69) is 5.32 Å². The molecule has 3 aromatic rings. The van der Waals surface area contributed by atoms with Gasteiger partial charge in [0.05, 0.1) is 17.5 Å². The molecule has 0 bridgehead atoms. The molecule has 0 radical (unpaired) electrons. The molecular weight excluding hydrogens is 424 g/mol. The molecule has 1 amide bonds. The number of sulfonamides is 1. The Balaban J connectivity index is 1.83. The van der Waals surface area contributed by atoms with Crippen LogP contribution in [0.2, 0.25) is 0 Å². The average Bonchev–Trinajstić information content (AvgIpc) is 3.21. The summed E-state index contributed by atoms with van der Waals surface area (Å²) < 4.78 is 26.6. The van der Waals surface area contributed by atoms with Crippen LogP contribution < -0.4 is 5.32 Å². The van der Waals surface area contributed by atoms with E-state index in [-0.39, 0.29) is 5.91 Å². The monoisotopic (exact) mass is 454 g/mol. The molecule has 0 saturated carbocycles. The fourth-order valence-corrected chi connectivity index (χ4v) is 4.40. The van der Waals surface area contributed by atoms with Gasteiger partial charge in [-0.25, -0.2) is 17.4 Å². The smallest absolute Gasteiger partial charge is 0.255 e. The Hall–Kier alpha value is -2.97. The zero-order valence-electron chi connectivity index (χ0n) is 19.0. The molecule has 0 atom stereocenters. The summed E-state index contributed by atoms with van der Waals surface area (Å²) in [6, 6.07) is 15.7. The van der Waals surface area contributed by atoms with Gasteiger partial charge in [0, 0.05) is 31.4 Å². The van der Waals surface area contributed by atoms with E-state index in [4.69, 9.17) is 5.10 Å². The van der Waals surface area contributed by atoms with Crippen LogP contribution in [0.15, 0.2) is 54.7 Å². The van der Waals surface area contributed by atoms with Crippen LogP contribution in [0.3, 0.4) is 0 Å². The van der Waals surface area contributed by atoms with E-state index in [1.807, 2.05) is 62.4 Å². The number of rotatable bonds is 9. The van der Waals surface area contributed by atoms with Gasteiger partial charge in [-0.3, -0.25) is 4.79 Å². The number of benzene rings is 2. The third-order valence-electron chi connectivity index (χ3n) is 5.45. The Labute approximate surface area is 190 Å². The molecule has 0 spiro atoms. The molecule has 0 saturated heterocycles. The Morgan fingerprint density at radius 2 is 1.81 bits per heavy atom. The number of aryl methyl sites for hydroxylation is 2. The van der Waals surface area contributed by atoms with Gasteiger partial charge in [-0.05, 0) is 49.6 Å². The summed E-state index contributed by atoms with van der Waals surface area (Å²) in [4.78, 5) is 13.1. The van der Waals surface area contributed by atoms with E-state index in [1.165, 1.54) is 16.1 Å². The van der Waals surface area contributed by atoms with Crippen molar-refractivity contribution in [2.75, 3.05) is 25.9 Å². The largest absolute Gasteiger partial charge is 0.352 e. The summed E-state index contributed by atoms with van der Waals surface area (Å²) in [5, 5.41) is 7.63. The maximum absolute atomic E-state index is 13.1. The zero-order chi connectivity index (χ0) is 23.3. The van der Waals surface area contributed by atoms with Crippen LogP contribution in [-0.2, 0) is 10.0 Å². The molecule has 1 aromatic heterocycles. The number of carbonyl (C=O) groups excluding carboxylic acids is 1. The number of nitrogens with one attached hydrogen (secondary N) is 1. The molecule has 7 nitrogen and oxygen atoms in total. The van der Waals surface area contributed by atoms with Crippen molar-refractivity contribution in [2.24, 2.45) is 0 Å². The molecule has 0 aliphatic rings. The van der Waals surface area contributed by atoms with Gasteiger partial charge < -0.3 is 5.32 Å². The highest BCUT2D eigenvalue weighted by Gasteiger charge is 2.19. The Kier molecular flexibility index (Phi) is 7.48. The van der Waals surface area contributed by atoms with Crippen LogP contribution >= 0.6 is 0 Å². The molecule has 0 fully saturated rings. The van der Waals surface area contributed by atoms with Crippen molar-refractivity contribution in [3.8, 4) is 16.9 Å². The standard InChI is InChI=1S/C24H30N4O3S/c1-5-27(32(4,30)31)15-9-14-25-24(29)22-17-28(21-10-7-6-8-11-21)26-23(22)20-13-12-18(2)19(3)16-20/h6-8,10-13,16-17H,5,9,14-15H2,1-4H3,(H,25,29). The zero-order valence-corrected chi connectivity index (χ0v) is 19.8. The van der Waals surface area contributed by atoms with Gasteiger partial charge >= 0.3 is 0 Å². The summed E-state index contributed by atoms with van der Waals surface area (Å²) in [6.07, 6.45) is 3.46. The van der Waals surface area contributed by atoms with Crippen molar-refractivity contribution in [2.45, 2.75) is 27.2 Å². The summed E-state index contributed by atoms with van der Waals surface area (Å²) in [7, 11) is -3.24. The minimum atomic E-state index is -3.24. The molecule has 170 valence electrons. The second-order valence-electron chi connectivity index (χ2n) is 7.83. The number of para-hydroxylation sites is 1. The highest BCUT2D eigenvalue weighted by molar-refractivity contribution is 7.88. The fraction of sp³-hybridized carbons (Fsp3) is 0.333. The molecule has 3 rings (SSSR count). The highest BCUT2D eigenvalue weighted by Crippen LogP contribution is 2.26. The van der Waals surface area contributed by atoms with Gasteiger partial charge in [-0.15, -0.1) is 0 Å². The molecule has 0 unspecified atom stereocenters. The van der Waals surface area contributed by atoms with E-state index in [1.54, 1.807) is 17.8 Å². The predicted molar refractivity (Wildman–Crippen MR) is 128 cm³/mol. The van der Waals surface area contributed by atoms with Gasteiger partial charge in [-0.2, -0.15) is 5.10 Å². The summed E-state index contributed by atoms with van der Waals surface area (Å²) in [6.45, 7) is 7.02. The van der Waals surface area contributed by atoms with Crippen LogP contribution in [-0.4, -0.2) is 54.3 Å². The first-order valence-corrected chi connectivity index (χ1v) is 12.5. The minimum Gasteiger partial charge on any atom is -0.352 e. The lowest BCUT2D eigenvalue weighted by molar-refractivity contribution is 0.0953. The number of carbonyl (C=O) groups is 1. The van der Waals surface area contributed by atoms with Gasteiger partial charge in [0.1, 0.15) is 5.69 Å². The van der Waals surface area contributed by atoms with Crippen molar-refractivity contribution in [3.63, 3.8) is 0 Å². The number of hydrogen-bond acceptors (Lipinski definition) is 4. The summed E-state index contributed by atoms with van der Waals surface area (Å²) >= 11 is 0. The predicted octanol–water partition coefficient (Wildman–Crippen LogP) is 3.56. The third-order valence-corrected chi connectivity index (χ3v) is 6.83. The molecule has 8 heteroatoms. The molecule has 0 aliphatic carbocycles. The van der Waals surface area contributed by atoms with E-state index in [0.717, 1.165) is 16.8 Å². The van der Waals surface area contributed by atoms with Crippen molar-refractivity contribution in [1.82, 2.24) is 19.4 Å². The lowest BCUT2D eigenvalue weighted by Gasteiger charge is -2.17. The maximum atomic E-state index is 13.1. The molecule has 2 aromatic carbocycles. The number of hydrogen-bond donors (Lipinski definition) is 1. The summed E-state index contributed by atoms with van der Waals surface area (Å²) in [5.41, 5.74) is 5.14. The third kappa shape index (κ3) is 5.63. The lowest BCUT2D eigenvalue weighted by Crippen LogP contribution is -2.33. The van der Waals surface area contributed by atoms with Crippen LogP contribution in [0.25, 0.3) is 16.9 Å². The van der Waals surface area contributed by atoms with Crippen LogP contribution in [0.1, 0.15) is 34.8 Å². The minimum absolute atomic E-state index is 0.234. The Bertz CT molecular complexity index is 1190. The maximum Gasteiger partial charge on any atom is 0.255 e. The second kappa shape index (κ2) is 10.1. The van der Waals surface area contributed by atoms with Crippen molar-refractivity contribution in [1.29, 1.82) is 0 Å². The first-order chi connectivity index (χ1) is 15.2. The van der Waals surface area contributed by atoms with Crippen molar-refractivity contribution in [3.05, 3.63) is 71.4 Å². The Morgan fingerprint density at radius 1 is 1.09 bits per heavy atom. The van der Waals surface area contributed by atoms with Gasteiger partial charge in [0.25, 0.3) is 5.91 Å². The van der Waals surface area contributed by atoms with Crippen LogP contribution in [0.5, 0.6) is 0 Å². The molecule has 1 N–H and O–H groups in total.